The van der Waals surface area contributed by atoms with E-state index >= 15 is 0 Å². The predicted octanol–water partition coefficient (Wildman–Crippen LogP) is 3.89. The molecular weight excluding hydrogens is 338 g/mol. The highest BCUT2D eigenvalue weighted by molar-refractivity contribution is 6.02. The molecule has 5 nitrogen and oxygen atoms in total. The molecular formula is C22H19N3O2. The van der Waals surface area contributed by atoms with Gasteiger partial charge in [-0.05, 0) is 30.0 Å². The molecule has 0 aliphatic rings. The minimum Gasteiger partial charge on any atom is -0.325 e. The van der Waals surface area contributed by atoms with Crippen LogP contribution < -0.4 is 10.9 Å². The van der Waals surface area contributed by atoms with Gasteiger partial charge >= 0.3 is 0 Å². The predicted molar refractivity (Wildman–Crippen MR) is 108 cm³/mol. The van der Waals surface area contributed by atoms with E-state index in [-0.39, 0.29) is 24.4 Å². The summed E-state index contributed by atoms with van der Waals surface area (Å²) in [7, 11) is 0. The van der Waals surface area contributed by atoms with Gasteiger partial charge in [0.1, 0.15) is 0 Å². The van der Waals surface area contributed by atoms with Crippen LogP contribution in [0, 0.1) is 6.92 Å². The minimum atomic E-state index is -0.136. The fraction of sp³-hybridized carbons (Fsp3) is 0.136. The maximum absolute atomic E-state index is 12.6. The zero-order valence-corrected chi connectivity index (χ0v) is 15.0. The Morgan fingerprint density at radius 3 is 2.63 bits per heavy atom. The minimum absolute atomic E-state index is 0.123. The van der Waals surface area contributed by atoms with Gasteiger partial charge in [-0.25, -0.2) is 4.98 Å². The quantitative estimate of drug-likeness (QED) is 0.603. The molecule has 5 heteroatoms. The van der Waals surface area contributed by atoms with E-state index in [9.17, 15) is 9.59 Å². The van der Waals surface area contributed by atoms with Crippen molar-refractivity contribution in [3.8, 4) is 0 Å². The van der Waals surface area contributed by atoms with Crippen LogP contribution in [0.5, 0.6) is 0 Å². The van der Waals surface area contributed by atoms with Crippen molar-refractivity contribution in [2.75, 3.05) is 5.32 Å². The lowest BCUT2D eigenvalue weighted by Crippen LogP contribution is -2.23. The number of nitrogens with zero attached hydrogens (tertiary/aromatic N) is 2. The van der Waals surface area contributed by atoms with Gasteiger partial charge in [0.2, 0.25) is 5.91 Å². The average Bonchev–Trinajstić information content (AvgIpc) is 2.68. The third kappa shape index (κ3) is 3.31. The highest BCUT2D eigenvalue weighted by atomic mass is 16.2. The van der Waals surface area contributed by atoms with Crippen LogP contribution in [0.2, 0.25) is 0 Å². The topological polar surface area (TPSA) is 64.0 Å². The summed E-state index contributed by atoms with van der Waals surface area (Å²) in [4.78, 5) is 29.4. The lowest BCUT2D eigenvalue weighted by atomic mass is 10.1. The van der Waals surface area contributed by atoms with Crippen molar-refractivity contribution in [3.05, 3.63) is 82.9 Å². The SMILES string of the molecule is Cc1cccc2c(=O)n(CCC(=O)Nc3cccc4ccccc34)cnc12. The Bertz CT molecular complexity index is 1210. The number of benzene rings is 3. The first kappa shape index (κ1) is 17.0. The van der Waals surface area contributed by atoms with Crippen LogP contribution in [0.15, 0.2) is 71.8 Å². The number of rotatable bonds is 4. The van der Waals surface area contributed by atoms with Crippen molar-refractivity contribution >= 4 is 33.3 Å². The van der Waals surface area contributed by atoms with Crippen LogP contribution in [0.1, 0.15) is 12.0 Å². The Labute approximate surface area is 156 Å². The summed E-state index contributed by atoms with van der Waals surface area (Å²) in [5.41, 5.74) is 2.32. The molecule has 0 saturated heterocycles. The fourth-order valence-corrected chi connectivity index (χ4v) is 3.27. The van der Waals surface area contributed by atoms with E-state index in [0.717, 1.165) is 22.0 Å². The number of amides is 1. The maximum atomic E-state index is 12.6. The largest absolute Gasteiger partial charge is 0.325 e. The van der Waals surface area contributed by atoms with E-state index in [1.54, 1.807) is 6.07 Å². The molecule has 1 heterocycles. The summed E-state index contributed by atoms with van der Waals surface area (Å²) >= 11 is 0. The average molecular weight is 357 g/mol. The van der Waals surface area contributed by atoms with Crippen LogP contribution in [0.4, 0.5) is 5.69 Å². The van der Waals surface area contributed by atoms with Crippen molar-refractivity contribution in [3.63, 3.8) is 0 Å². The van der Waals surface area contributed by atoms with E-state index < -0.39 is 0 Å². The Hall–Kier alpha value is -3.47. The van der Waals surface area contributed by atoms with Crippen LogP contribution in [-0.4, -0.2) is 15.5 Å². The first-order chi connectivity index (χ1) is 13.1. The number of aryl methyl sites for hydroxylation is 2. The van der Waals surface area contributed by atoms with Crippen LogP contribution in [0.3, 0.4) is 0 Å². The molecule has 0 spiro atoms. The smallest absolute Gasteiger partial charge is 0.261 e. The van der Waals surface area contributed by atoms with E-state index in [1.165, 1.54) is 10.9 Å². The van der Waals surface area contributed by atoms with Gasteiger partial charge in [-0.15, -0.1) is 0 Å². The molecule has 1 aromatic heterocycles. The highest BCUT2D eigenvalue weighted by Crippen LogP contribution is 2.23. The number of aromatic nitrogens is 2. The fourth-order valence-electron chi connectivity index (χ4n) is 3.27. The number of para-hydroxylation sites is 1. The van der Waals surface area contributed by atoms with Crippen molar-refractivity contribution in [2.24, 2.45) is 0 Å². The summed E-state index contributed by atoms with van der Waals surface area (Å²) in [6.07, 6.45) is 1.71. The van der Waals surface area contributed by atoms with Gasteiger partial charge in [-0.3, -0.25) is 14.2 Å². The van der Waals surface area contributed by atoms with Gasteiger partial charge in [0.15, 0.2) is 0 Å². The molecule has 0 bridgehead atoms. The van der Waals surface area contributed by atoms with Gasteiger partial charge in [0, 0.05) is 24.0 Å². The second-order valence-electron chi connectivity index (χ2n) is 6.54. The summed E-state index contributed by atoms with van der Waals surface area (Å²) in [5.74, 6) is -0.136. The maximum Gasteiger partial charge on any atom is 0.261 e. The molecule has 0 unspecified atom stereocenters. The van der Waals surface area contributed by atoms with Crippen molar-refractivity contribution in [1.29, 1.82) is 0 Å². The Morgan fingerprint density at radius 1 is 1.00 bits per heavy atom. The number of carbonyl (C=O) groups excluding carboxylic acids is 1. The monoisotopic (exact) mass is 357 g/mol. The molecule has 1 amide bonds. The molecule has 4 rings (SSSR count). The van der Waals surface area contributed by atoms with Gasteiger partial charge < -0.3 is 5.32 Å². The van der Waals surface area contributed by atoms with Gasteiger partial charge in [-0.1, -0.05) is 48.5 Å². The van der Waals surface area contributed by atoms with Crippen molar-refractivity contribution < 1.29 is 4.79 Å². The van der Waals surface area contributed by atoms with Gasteiger partial charge in [-0.2, -0.15) is 0 Å². The third-order valence-electron chi connectivity index (χ3n) is 4.70. The summed E-state index contributed by atoms with van der Waals surface area (Å²) in [5, 5.41) is 5.59. The molecule has 0 aliphatic carbocycles. The molecule has 3 aromatic carbocycles. The number of hydrogen-bond donors (Lipinski definition) is 1. The van der Waals surface area contributed by atoms with Crippen molar-refractivity contribution in [1.82, 2.24) is 9.55 Å². The lowest BCUT2D eigenvalue weighted by Gasteiger charge is -2.10. The number of nitrogens with one attached hydrogen (secondary N) is 1. The van der Waals surface area contributed by atoms with Crippen LogP contribution in [0.25, 0.3) is 21.7 Å². The summed E-state index contributed by atoms with van der Waals surface area (Å²) in [6.45, 7) is 2.21. The molecule has 0 saturated carbocycles. The molecule has 0 fully saturated rings. The number of fused-ring (bicyclic) bond motifs is 2. The number of carbonyl (C=O) groups is 1. The second kappa shape index (κ2) is 7.03. The van der Waals surface area contributed by atoms with Gasteiger partial charge in [0.05, 0.1) is 17.2 Å². The highest BCUT2D eigenvalue weighted by Gasteiger charge is 2.09. The van der Waals surface area contributed by atoms with E-state index in [4.69, 9.17) is 0 Å². The normalized spacial score (nSPS) is 11.0. The molecule has 4 aromatic rings. The Balaban J connectivity index is 1.52. The zero-order chi connectivity index (χ0) is 18.8. The number of anilines is 1. The molecule has 0 aliphatic heterocycles. The molecule has 134 valence electrons. The van der Waals surface area contributed by atoms with Crippen molar-refractivity contribution in [2.45, 2.75) is 19.9 Å². The van der Waals surface area contributed by atoms with E-state index in [1.807, 2.05) is 61.5 Å². The summed E-state index contributed by atoms with van der Waals surface area (Å²) in [6, 6.07) is 19.2. The zero-order valence-electron chi connectivity index (χ0n) is 15.0. The lowest BCUT2D eigenvalue weighted by molar-refractivity contribution is -0.116. The third-order valence-corrected chi connectivity index (χ3v) is 4.70. The first-order valence-electron chi connectivity index (χ1n) is 8.86. The van der Waals surface area contributed by atoms with Gasteiger partial charge in [0.25, 0.3) is 5.56 Å². The van der Waals surface area contributed by atoms with Crippen LogP contribution >= 0.6 is 0 Å². The standard InChI is InChI=1S/C22H19N3O2/c1-15-6-4-10-18-21(15)23-14-25(22(18)27)13-12-20(26)24-19-11-5-8-16-7-2-3-9-17(16)19/h2-11,14H,12-13H2,1H3,(H,24,26). The first-order valence-corrected chi connectivity index (χ1v) is 8.86. The Kier molecular flexibility index (Phi) is 4.42. The molecule has 27 heavy (non-hydrogen) atoms. The van der Waals surface area contributed by atoms with E-state index in [0.29, 0.717) is 10.9 Å². The molecule has 1 N–H and O–H groups in total. The molecule has 0 radical (unpaired) electrons. The second-order valence-corrected chi connectivity index (χ2v) is 6.54. The molecule has 0 atom stereocenters. The summed E-state index contributed by atoms with van der Waals surface area (Å²) < 4.78 is 1.49. The number of hydrogen-bond acceptors (Lipinski definition) is 3. The van der Waals surface area contributed by atoms with E-state index in [2.05, 4.69) is 10.3 Å². The van der Waals surface area contributed by atoms with Crippen LogP contribution in [-0.2, 0) is 11.3 Å². The Morgan fingerprint density at radius 2 is 1.74 bits per heavy atom.